The van der Waals surface area contributed by atoms with Crippen molar-refractivity contribution in [3.63, 3.8) is 0 Å². The lowest BCUT2D eigenvalue weighted by molar-refractivity contribution is 0.0600. The first-order chi connectivity index (χ1) is 9.51. The van der Waals surface area contributed by atoms with Gasteiger partial charge < -0.3 is 10.1 Å². The number of methoxy groups -OCH3 is 1. The molecule has 0 bridgehead atoms. The molecule has 0 aliphatic carbocycles. The van der Waals surface area contributed by atoms with Crippen LogP contribution in [0.2, 0.25) is 4.47 Å². The molecule has 1 amide bonds. The minimum Gasteiger partial charge on any atom is -0.465 e. The molecule has 0 saturated carbocycles. The lowest BCUT2D eigenvalue weighted by Gasteiger charge is -2.08. The van der Waals surface area contributed by atoms with Crippen molar-refractivity contribution in [2.45, 2.75) is 6.92 Å². The van der Waals surface area contributed by atoms with Crippen LogP contribution in [-0.4, -0.2) is 29.2 Å². The molecule has 2 rings (SSSR count). The van der Waals surface area contributed by atoms with Crippen LogP contribution in [0.4, 0.5) is 5.69 Å². The van der Waals surface area contributed by atoms with Crippen LogP contribution in [0.25, 0.3) is 0 Å². The van der Waals surface area contributed by atoms with Crippen LogP contribution in [0.1, 0.15) is 25.7 Å². The summed E-state index contributed by atoms with van der Waals surface area (Å²) in [4.78, 5) is 23.4. The minimum absolute atomic E-state index is 0.151. The highest BCUT2D eigenvalue weighted by molar-refractivity contribution is 7.17. The highest BCUT2D eigenvalue weighted by atomic mass is 35.5. The average molecular weight is 312 g/mol. The van der Waals surface area contributed by atoms with E-state index in [1.165, 1.54) is 7.11 Å². The second-order valence-corrected chi connectivity index (χ2v) is 5.40. The zero-order valence-electron chi connectivity index (χ0n) is 10.6. The van der Waals surface area contributed by atoms with Crippen LogP contribution in [0.15, 0.2) is 18.2 Å². The predicted octanol–water partition coefficient (Wildman–Crippen LogP) is 2.54. The lowest BCUT2D eigenvalue weighted by Crippen LogP contribution is -2.13. The van der Waals surface area contributed by atoms with Gasteiger partial charge in [0, 0.05) is 5.69 Å². The summed E-state index contributed by atoms with van der Waals surface area (Å²) in [5.41, 5.74) is 1.66. The number of nitrogens with zero attached hydrogens (tertiary/aromatic N) is 2. The zero-order valence-corrected chi connectivity index (χ0v) is 12.2. The number of amides is 1. The van der Waals surface area contributed by atoms with Crippen molar-refractivity contribution in [1.82, 2.24) is 10.2 Å². The third kappa shape index (κ3) is 3.12. The van der Waals surface area contributed by atoms with E-state index in [0.717, 1.165) is 16.9 Å². The van der Waals surface area contributed by atoms with Gasteiger partial charge in [-0.15, -0.1) is 10.2 Å². The number of halogens is 1. The highest BCUT2D eigenvalue weighted by Gasteiger charge is 2.15. The van der Waals surface area contributed by atoms with E-state index in [9.17, 15) is 9.59 Å². The highest BCUT2D eigenvalue weighted by Crippen LogP contribution is 2.20. The Labute approximate surface area is 123 Å². The van der Waals surface area contributed by atoms with Crippen molar-refractivity contribution in [3.05, 3.63) is 38.8 Å². The maximum Gasteiger partial charge on any atom is 0.337 e. The van der Waals surface area contributed by atoms with Gasteiger partial charge in [-0.3, -0.25) is 4.79 Å². The SMILES string of the molecule is COC(=O)c1ccc(C)c(NC(=O)c2nnc(Cl)s2)c1. The van der Waals surface area contributed by atoms with Crippen molar-refractivity contribution < 1.29 is 14.3 Å². The largest absolute Gasteiger partial charge is 0.465 e. The van der Waals surface area contributed by atoms with Gasteiger partial charge in [0.15, 0.2) is 0 Å². The number of hydrogen-bond donors (Lipinski definition) is 1. The van der Waals surface area contributed by atoms with E-state index < -0.39 is 11.9 Å². The number of benzene rings is 1. The fourth-order valence-electron chi connectivity index (χ4n) is 1.47. The Bertz CT molecular complexity index is 672. The second-order valence-electron chi connectivity index (χ2n) is 3.84. The summed E-state index contributed by atoms with van der Waals surface area (Å²) in [6, 6.07) is 4.88. The third-order valence-corrected chi connectivity index (χ3v) is 3.52. The summed E-state index contributed by atoms with van der Waals surface area (Å²) < 4.78 is 4.82. The fourth-order valence-corrected chi connectivity index (χ4v) is 2.20. The van der Waals surface area contributed by atoms with E-state index in [2.05, 4.69) is 20.3 Å². The van der Waals surface area contributed by atoms with Gasteiger partial charge in [-0.05, 0) is 36.2 Å². The monoisotopic (exact) mass is 311 g/mol. The number of hydrogen-bond acceptors (Lipinski definition) is 6. The van der Waals surface area contributed by atoms with E-state index in [1.54, 1.807) is 18.2 Å². The Morgan fingerprint density at radius 1 is 1.35 bits per heavy atom. The molecule has 0 unspecified atom stereocenters. The van der Waals surface area contributed by atoms with Crippen molar-refractivity contribution in [1.29, 1.82) is 0 Å². The van der Waals surface area contributed by atoms with Crippen molar-refractivity contribution in [3.8, 4) is 0 Å². The maximum absolute atomic E-state index is 12.0. The molecule has 0 aliphatic rings. The van der Waals surface area contributed by atoms with Gasteiger partial charge in [0.05, 0.1) is 12.7 Å². The first-order valence-electron chi connectivity index (χ1n) is 5.50. The number of carbonyl (C=O) groups excluding carboxylic acids is 2. The van der Waals surface area contributed by atoms with Gasteiger partial charge in [-0.25, -0.2) is 4.79 Å². The molecule has 104 valence electrons. The zero-order chi connectivity index (χ0) is 14.7. The van der Waals surface area contributed by atoms with E-state index in [1.807, 2.05) is 6.92 Å². The van der Waals surface area contributed by atoms with E-state index >= 15 is 0 Å². The summed E-state index contributed by atoms with van der Waals surface area (Å²) >= 11 is 6.60. The minimum atomic E-state index is -0.473. The molecule has 0 atom stereocenters. The number of aryl methyl sites for hydroxylation is 1. The Morgan fingerprint density at radius 2 is 2.10 bits per heavy atom. The molecule has 0 fully saturated rings. The maximum atomic E-state index is 12.0. The summed E-state index contributed by atoms with van der Waals surface area (Å²) in [5, 5.41) is 10.0. The van der Waals surface area contributed by atoms with Gasteiger partial charge in [0.25, 0.3) is 5.91 Å². The second kappa shape index (κ2) is 5.98. The Morgan fingerprint density at radius 3 is 2.70 bits per heavy atom. The number of aromatic nitrogens is 2. The molecule has 1 aromatic heterocycles. The lowest BCUT2D eigenvalue weighted by atomic mass is 10.1. The topological polar surface area (TPSA) is 81.2 Å². The smallest absolute Gasteiger partial charge is 0.337 e. The van der Waals surface area contributed by atoms with Crippen molar-refractivity contribution >= 4 is 40.5 Å². The van der Waals surface area contributed by atoms with E-state index in [4.69, 9.17) is 11.6 Å². The molecule has 6 nitrogen and oxygen atoms in total. The molecule has 20 heavy (non-hydrogen) atoms. The van der Waals surface area contributed by atoms with Crippen molar-refractivity contribution in [2.75, 3.05) is 12.4 Å². The molecular weight excluding hydrogens is 302 g/mol. The molecule has 0 saturated heterocycles. The van der Waals surface area contributed by atoms with E-state index in [0.29, 0.717) is 11.3 Å². The summed E-state index contributed by atoms with van der Waals surface area (Å²) in [6.45, 7) is 1.81. The number of esters is 1. The van der Waals surface area contributed by atoms with Gasteiger partial charge >= 0.3 is 5.97 Å². The number of anilines is 1. The quantitative estimate of drug-likeness (QED) is 0.881. The van der Waals surface area contributed by atoms with Crippen LogP contribution in [0.5, 0.6) is 0 Å². The third-order valence-electron chi connectivity index (χ3n) is 2.50. The first-order valence-corrected chi connectivity index (χ1v) is 6.70. The molecule has 2 aromatic rings. The Kier molecular flexibility index (Phi) is 4.31. The molecule has 1 N–H and O–H groups in total. The number of rotatable bonds is 3. The summed E-state index contributed by atoms with van der Waals surface area (Å²) in [7, 11) is 1.30. The van der Waals surface area contributed by atoms with Crippen LogP contribution >= 0.6 is 22.9 Å². The van der Waals surface area contributed by atoms with Gasteiger partial charge in [0.2, 0.25) is 9.47 Å². The summed E-state index contributed by atoms with van der Waals surface area (Å²) in [6.07, 6.45) is 0. The number of nitrogens with one attached hydrogen (secondary N) is 1. The summed E-state index contributed by atoms with van der Waals surface area (Å²) in [5.74, 6) is -0.904. The van der Waals surface area contributed by atoms with Crippen LogP contribution < -0.4 is 5.32 Å². The van der Waals surface area contributed by atoms with E-state index in [-0.39, 0.29) is 9.47 Å². The first kappa shape index (κ1) is 14.4. The van der Waals surface area contributed by atoms with Gasteiger partial charge in [0.1, 0.15) is 0 Å². The Hall–Kier alpha value is -1.99. The fraction of sp³-hybridized carbons (Fsp3) is 0.167. The molecule has 1 aromatic carbocycles. The number of ether oxygens (including phenoxy) is 1. The molecule has 0 aliphatic heterocycles. The van der Waals surface area contributed by atoms with Crippen LogP contribution in [-0.2, 0) is 4.74 Å². The Balaban J connectivity index is 2.24. The normalized spacial score (nSPS) is 10.2. The molecule has 0 spiro atoms. The van der Waals surface area contributed by atoms with Crippen LogP contribution in [0.3, 0.4) is 0 Å². The number of carbonyl (C=O) groups is 2. The molecule has 0 radical (unpaired) electrons. The molecule has 8 heteroatoms. The standard InChI is InChI=1S/C12H10ClN3O3S/c1-6-3-4-7(11(18)19-2)5-8(6)14-9(17)10-15-16-12(13)20-10/h3-5H,1-2H3,(H,14,17). The van der Waals surface area contributed by atoms with Crippen molar-refractivity contribution in [2.24, 2.45) is 0 Å². The average Bonchev–Trinajstić information content (AvgIpc) is 2.87. The molecule has 1 heterocycles. The van der Waals surface area contributed by atoms with Gasteiger partial charge in [-0.2, -0.15) is 0 Å². The van der Waals surface area contributed by atoms with Crippen LogP contribution in [0, 0.1) is 6.92 Å². The predicted molar refractivity (Wildman–Crippen MR) is 75.4 cm³/mol. The van der Waals surface area contributed by atoms with Gasteiger partial charge in [-0.1, -0.05) is 17.4 Å². The molecular formula is C12H10ClN3O3S.